The zero-order valence-electron chi connectivity index (χ0n) is 31.9. The molecule has 52 heavy (non-hydrogen) atoms. The molecule has 2 aliphatic rings. The van der Waals surface area contributed by atoms with Crippen molar-refractivity contribution in [1.82, 2.24) is 0 Å². The highest BCUT2D eigenvalue weighted by atomic mass is 16.3. The average molecular weight is 679 g/mol. The van der Waals surface area contributed by atoms with E-state index in [1.54, 1.807) is 0 Å². The number of nitrogens with zero attached hydrogens (tertiary/aromatic N) is 2. The summed E-state index contributed by atoms with van der Waals surface area (Å²) in [5.74, 6) is 0. The SMILES string of the molecule is CC(C)(C)c1ccc2c(c1)-c1cc(C(C)(C)C)cc3c1N(B2c1ccc2oc4ccccc4c2c1)c1ccc(C(C)(C)C)cc1N3c1ccccc1. The van der Waals surface area contributed by atoms with Gasteiger partial charge < -0.3 is 14.1 Å². The summed E-state index contributed by atoms with van der Waals surface area (Å²) < 4.78 is 6.35. The summed E-state index contributed by atoms with van der Waals surface area (Å²) in [6.07, 6.45) is 0. The largest absolute Gasteiger partial charge is 0.456 e. The number of fused-ring (bicyclic) bond motifs is 7. The van der Waals surface area contributed by atoms with Crippen molar-refractivity contribution < 1.29 is 4.42 Å². The van der Waals surface area contributed by atoms with Crippen molar-refractivity contribution in [3.63, 3.8) is 0 Å². The van der Waals surface area contributed by atoms with Crippen LogP contribution in [0.2, 0.25) is 0 Å². The van der Waals surface area contributed by atoms with E-state index in [-0.39, 0.29) is 23.1 Å². The molecule has 0 amide bonds. The number of hydrogen-bond acceptors (Lipinski definition) is 3. The molecule has 0 radical (unpaired) electrons. The Hall–Kier alpha value is -5.22. The van der Waals surface area contributed by atoms with Crippen LogP contribution in [0.15, 0.2) is 126 Å². The molecule has 258 valence electrons. The molecule has 0 saturated carbocycles. The van der Waals surface area contributed by atoms with Gasteiger partial charge in [0, 0.05) is 22.0 Å². The van der Waals surface area contributed by atoms with E-state index in [9.17, 15) is 0 Å². The van der Waals surface area contributed by atoms with Crippen LogP contribution in [0, 0.1) is 0 Å². The van der Waals surface area contributed by atoms with Gasteiger partial charge in [0.15, 0.2) is 0 Å². The van der Waals surface area contributed by atoms with E-state index < -0.39 is 0 Å². The molecule has 3 nitrogen and oxygen atoms in total. The van der Waals surface area contributed by atoms with E-state index in [1.807, 2.05) is 0 Å². The predicted molar refractivity (Wildman–Crippen MR) is 224 cm³/mol. The molecule has 0 saturated heterocycles. The average Bonchev–Trinajstić information content (AvgIpc) is 3.48. The van der Waals surface area contributed by atoms with E-state index in [0.717, 1.165) is 21.9 Å². The van der Waals surface area contributed by atoms with Gasteiger partial charge in [-0.25, -0.2) is 0 Å². The van der Waals surface area contributed by atoms with Gasteiger partial charge in [-0.15, -0.1) is 0 Å². The third-order valence-corrected chi connectivity index (χ3v) is 11.3. The zero-order valence-corrected chi connectivity index (χ0v) is 31.9. The van der Waals surface area contributed by atoms with Crippen LogP contribution < -0.4 is 20.6 Å². The van der Waals surface area contributed by atoms with Gasteiger partial charge >= 0.3 is 6.85 Å². The first-order valence-corrected chi connectivity index (χ1v) is 18.7. The maximum atomic E-state index is 6.35. The first kappa shape index (κ1) is 32.7. The molecule has 3 heterocycles. The van der Waals surface area contributed by atoms with Gasteiger partial charge in [0.2, 0.25) is 0 Å². The van der Waals surface area contributed by atoms with Crippen LogP contribution >= 0.6 is 0 Å². The fourth-order valence-electron chi connectivity index (χ4n) is 8.30. The number of para-hydroxylation sites is 2. The van der Waals surface area contributed by atoms with Crippen molar-refractivity contribution in [3.8, 4) is 11.1 Å². The molecular weight excluding hydrogens is 631 g/mol. The van der Waals surface area contributed by atoms with Crippen molar-refractivity contribution in [2.75, 3.05) is 9.71 Å². The molecule has 0 spiro atoms. The summed E-state index contributed by atoms with van der Waals surface area (Å²) in [5.41, 5.74) is 17.0. The molecule has 0 fully saturated rings. The van der Waals surface area contributed by atoms with Crippen LogP contribution in [-0.2, 0) is 16.2 Å². The molecular formula is C48H47BN2O. The van der Waals surface area contributed by atoms with Crippen molar-refractivity contribution in [2.24, 2.45) is 0 Å². The fourth-order valence-corrected chi connectivity index (χ4v) is 8.30. The van der Waals surface area contributed by atoms with Crippen LogP contribution in [0.1, 0.15) is 79.0 Å². The van der Waals surface area contributed by atoms with E-state index in [4.69, 9.17) is 4.42 Å². The molecule has 2 aliphatic heterocycles. The summed E-state index contributed by atoms with van der Waals surface area (Å²) >= 11 is 0. The smallest absolute Gasteiger partial charge is 0.328 e. The number of rotatable bonds is 2. The van der Waals surface area contributed by atoms with Crippen molar-refractivity contribution in [3.05, 3.63) is 138 Å². The van der Waals surface area contributed by atoms with E-state index in [1.165, 1.54) is 67.2 Å². The number of hydrogen-bond donors (Lipinski definition) is 0. The minimum Gasteiger partial charge on any atom is -0.456 e. The van der Waals surface area contributed by atoms with Gasteiger partial charge in [-0.05, 0) is 98.0 Å². The minimum atomic E-state index is -0.0639. The van der Waals surface area contributed by atoms with Gasteiger partial charge in [-0.1, -0.05) is 135 Å². The molecule has 7 aromatic rings. The Morgan fingerprint density at radius 1 is 0.481 bits per heavy atom. The second-order valence-electron chi connectivity index (χ2n) is 17.9. The third-order valence-electron chi connectivity index (χ3n) is 11.3. The Balaban J connectivity index is 1.42. The Labute approximate surface area is 309 Å². The van der Waals surface area contributed by atoms with Crippen LogP contribution in [-0.4, -0.2) is 6.85 Å². The normalized spacial score (nSPS) is 14.1. The van der Waals surface area contributed by atoms with Gasteiger partial charge in [-0.2, -0.15) is 0 Å². The van der Waals surface area contributed by atoms with Gasteiger partial charge in [-0.3, -0.25) is 0 Å². The lowest BCUT2D eigenvalue weighted by atomic mass is 9.45. The van der Waals surface area contributed by atoms with E-state index in [0.29, 0.717) is 0 Å². The Morgan fingerprint density at radius 3 is 1.83 bits per heavy atom. The third kappa shape index (κ3) is 5.02. The van der Waals surface area contributed by atoms with Crippen LogP contribution in [0.3, 0.4) is 0 Å². The van der Waals surface area contributed by atoms with E-state index in [2.05, 4.69) is 193 Å². The van der Waals surface area contributed by atoms with Crippen molar-refractivity contribution >= 4 is 68.1 Å². The number of anilines is 5. The molecule has 0 N–H and O–H groups in total. The second kappa shape index (κ2) is 11.1. The highest BCUT2D eigenvalue weighted by Gasteiger charge is 2.45. The van der Waals surface area contributed by atoms with Crippen molar-refractivity contribution in [2.45, 2.75) is 78.6 Å². The summed E-state index contributed by atoms with van der Waals surface area (Å²) in [6.45, 7) is 20.8. The monoisotopic (exact) mass is 678 g/mol. The molecule has 4 heteroatoms. The summed E-state index contributed by atoms with van der Waals surface area (Å²) in [6, 6.07) is 45.6. The Morgan fingerprint density at radius 2 is 1.10 bits per heavy atom. The standard InChI is InChI=1S/C48H47BN2O/c1-46(2,3)30-19-22-39-36(25-30)38-26-32(48(7,8)9)28-42-45(38)51(49(39)33-21-24-44-37(29-33)35-17-13-14-18-43(35)52-44)40-23-20-31(47(4,5)6)27-41(40)50(42)34-15-11-10-12-16-34/h10-29H,1-9H3. The van der Waals surface area contributed by atoms with Crippen LogP contribution in [0.5, 0.6) is 0 Å². The quantitative estimate of drug-likeness (QED) is 0.170. The molecule has 1 aromatic heterocycles. The first-order valence-electron chi connectivity index (χ1n) is 18.7. The van der Waals surface area contributed by atoms with Crippen LogP contribution in [0.25, 0.3) is 33.1 Å². The zero-order chi connectivity index (χ0) is 36.3. The van der Waals surface area contributed by atoms with E-state index >= 15 is 0 Å². The van der Waals surface area contributed by atoms with Gasteiger partial charge in [0.05, 0.1) is 22.7 Å². The molecule has 0 atom stereocenters. The lowest BCUT2D eigenvalue weighted by Gasteiger charge is -2.48. The Kier molecular flexibility index (Phi) is 7.00. The molecule has 9 rings (SSSR count). The Bertz CT molecular complexity index is 2540. The maximum absolute atomic E-state index is 6.35. The molecule has 6 aromatic carbocycles. The summed E-state index contributed by atoms with van der Waals surface area (Å²) in [4.78, 5) is 5.18. The topological polar surface area (TPSA) is 19.6 Å². The summed E-state index contributed by atoms with van der Waals surface area (Å²) in [5, 5.41) is 2.31. The highest BCUT2D eigenvalue weighted by Crippen LogP contribution is 2.58. The summed E-state index contributed by atoms with van der Waals surface area (Å²) in [7, 11) is 0. The van der Waals surface area contributed by atoms with Crippen LogP contribution in [0.4, 0.5) is 28.4 Å². The maximum Gasteiger partial charge on any atom is 0.328 e. The molecule has 0 unspecified atom stereocenters. The molecule has 0 aliphatic carbocycles. The fraction of sp³-hybridized carbons (Fsp3) is 0.250. The second-order valence-corrected chi connectivity index (χ2v) is 17.9. The first-order chi connectivity index (χ1) is 24.7. The van der Waals surface area contributed by atoms with Crippen molar-refractivity contribution in [1.29, 1.82) is 0 Å². The number of benzene rings is 6. The lowest BCUT2D eigenvalue weighted by molar-refractivity contribution is 0.589. The highest BCUT2D eigenvalue weighted by molar-refractivity contribution is 6.91. The number of furan rings is 1. The van der Waals surface area contributed by atoms with Gasteiger partial charge in [0.25, 0.3) is 0 Å². The minimum absolute atomic E-state index is 0.00398. The molecule has 0 bridgehead atoms. The lowest BCUT2D eigenvalue weighted by Crippen LogP contribution is -2.58. The predicted octanol–water partition coefficient (Wildman–Crippen LogP) is 12.2. The van der Waals surface area contributed by atoms with Gasteiger partial charge in [0.1, 0.15) is 11.2 Å².